The topological polar surface area (TPSA) is 87.7 Å². The van der Waals surface area contributed by atoms with Crippen LogP contribution < -0.4 is 15.0 Å². The zero-order chi connectivity index (χ0) is 25.2. The van der Waals surface area contributed by atoms with Gasteiger partial charge in [0.2, 0.25) is 11.8 Å². The van der Waals surface area contributed by atoms with E-state index in [0.717, 1.165) is 57.4 Å². The van der Waals surface area contributed by atoms with Gasteiger partial charge in [-0.3, -0.25) is 9.59 Å². The van der Waals surface area contributed by atoms with E-state index in [1.807, 2.05) is 56.6 Å². The molecule has 1 aliphatic rings. The fourth-order valence-corrected chi connectivity index (χ4v) is 6.42. The summed E-state index contributed by atoms with van der Waals surface area (Å²) in [4.78, 5) is 39.5. The van der Waals surface area contributed by atoms with Gasteiger partial charge in [0.1, 0.15) is 4.83 Å². The number of benzene rings is 1. The quantitative estimate of drug-likeness (QED) is 0.385. The number of anilines is 2. The molecule has 0 saturated carbocycles. The summed E-state index contributed by atoms with van der Waals surface area (Å²) in [7, 11) is 5.21. The predicted molar refractivity (Wildman–Crippen MR) is 145 cm³/mol. The molecule has 1 aromatic carbocycles. The van der Waals surface area contributed by atoms with E-state index in [4.69, 9.17) is 9.72 Å². The van der Waals surface area contributed by atoms with Crippen LogP contribution in [-0.2, 0) is 4.79 Å². The maximum atomic E-state index is 12.9. The summed E-state index contributed by atoms with van der Waals surface area (Å²) in [5, 5.41) is 3.94. The molecule has 4 heterocycles. The number of amides is 2. The summed E-state index contributed by atoms with van der Waals surface area (Å²) in [5.41, 5.74) is 2.71. The molecule has 2 amide bonds. The standard InChI is InChI=1S/C26H27N5O3S2/c1-30(2)25(33)17-10-12-31(13-11-17)26-29-24-21(36-26)14-20(35-24)23(32)28-19-7-4-16(5-8-19)18-6-9-22(34-3)27-15-18/h4-9,14-15,17H,10-13H2,1-3H3,(H,28,32). The molecule has 0 unspecified atom stereocenters. The molecule has 36 heavy (non-hydrogen) atoms. The van der Waals surface area contributed by atoms with Crippen molar-refractivity contribution in [2.24, 2.45) is 5.92 Å². The maximum absolute atomic E-state index is 12.9. The van der Waals surface area contributed by atoms with Crippen molar-refractivity contribution in [2.45, 2.75) is 12.8 Å². The predicted octanol–water partition coefficient (Wildman–Crippen LogP) is 4.99. The Bertz CT molecular complexity index is 1340. The number of nitrogens with one attached hydrogen (secondary N) is 1. The van der Waals surface area contributed by atoms with Gasteiger partial charge in [0.05, 0.1) is 16.7 Å². The van der Waals surface area contributed by atoms with Crippen molar-refractivity contribution in [3.8, 4) is 17.0 Å². The summed E-state index contributed by atoms with van der Waals surface area (Å²) in [6.45, 7) is 1.64. The first kappa shape index (κ1) is 24.2. The lowest BCUT2D eigenvalue weighted by Gasteiger charge is -2.32. The summed E-state index contributed by atoms with van der Waals surface area (Å²) >= 11 is 3.00. The number of carbonyl (C=O) groups is 2. The molecule has 1 saturated heterocycles. The molecule has 0 bridgehead atoms. The first-order valence-electron chi connectivity index (χ1n) is 11.7. The van der Waals surface area contributed by atoms with Gasteiger partial charge in [-0.15, -0.1) is 11.3 Å². The van der Waals surface area contributed by atoms with Crippen molar-refractivity contribution in [2.75, 3.05) is 44.5 Å². The minimum Gasteiger partial charge on any atom is -0.481 e. The van der Waals surface area contributed by atoms with Gasteiger partial charge in [-0.25, -0.2) is 9.97 Å². The van der Waals surface area contributed by atoms with E-state index < -0.39 is 0 Å². The SMILES string of the molecule is COc1ccc(-c2ccc(NC(=O)c3cc4sc(N5CCC(C(=O)N(C)C)CC5)nc4s3)cc2)cn1. The summed E-state index contributed by atoms with van der Waals surface area (Å²) in [5.74, 6) is 0.724. The van der Waals surface area contributed by atoms with Crippen molar-refractivity contribution >= 4 is 54.8 Å². The highest BCUT2D eigenvalue weighted by atomic mass is 32.1. The summed E-state index contributed by atoms with van der Waals surface area (Å²) in [6, 6.07) is 13.4. The second-order valence-electron chi connectivity index (χ2n) is 8.89. The van der Waals surface area contributed by atoms with E-state index in [1.54, 1.807) is 29.5 Å². The van der Waals surface area contributed by atoms with Crippen molar-refractivity contribution in [1.29, 1.82) is 0 Å². The second-order valence-corrected chi connectivity index (χ2v) is 10.9. The molecule has 1 fully saturated rings. The second kappa shape index (κ2) is 10.2. The third-order valence-electron chi connectivity index (χ3n) is 6.28. The van der Waals surface area contributed by atoms with Crippen molar-refractivity contribution in [1.82, 2.24) is 14.9 Å². The zero-order valence-corrected chi connectivity index (χ0v) is 22.0. The number of piperidine rings is 1. The van der Waals surface area contributed by atoms with Gasteiger partial charge < -0.3 is 19.9 Å². The first-order valence-corrected chi connectivity index (χ1v) is 13.3. The number of pyridine rings is 1. The summed E-state index contributed by atoms with van der Waals surface area (Å²) in [6.07, 6.45) is 3.44. The average Bonchev–Trinajstić information content (AvgIpc) is 3.49. The lowest BCUT2D eigenvalue weighted by atomic mass is 9.96. The van der Waals surface area contributed by atoms with Crippen LogP contribution in [0.2, 0.25) is 0 Å². The Morgan fingerprint density at radius 3 is 2.39 bits per heavy atom. The average molecular weight is 522 g/mol. The maximum Gasteiger partial charge on any atom is 0.265 e. The van der Waals surface area contributed by atoms with Crippen LogP contribution in [0.15, 0.2) is 48.7 Å². The third kappa shape index (κ3) is 5.05. The van der Waals surface area contributed by atoms with Crippen molar-refractivity contribution in [3.05, 3.63) is 53.5 Å². The number of rotatable bonds is 6. The molecule has 8 nitrogen and oxygen atoms in total. The van der Waals surface area contributed by atoms with Gasteiger partial charge in [-0.1, -0.05) is 23.5 Å². The number of methoxy groups -OCH3 is 1. The van der Waals surface area contributed by atoms with E-state index in [9.17, 15) is 9.59 Å². The van der Waals surface area contributed by atoms with Gasteiger partial charge in [-0.05, 0) is 42.7 Å². The number of hydrogen-bond acceptors (Lipinski definition) is 8. The number of thiazole rings is 1. The summed E-state index contributed by atoms with van der Waals surface area (Å²) < 4.78 is 6.11. The Morgan fingerprint density at radius 1 is 1.06 bits per heavy atom. The Labute approximate surface area is 217 Å². The van der Waals surface area contributed by atoms with Gasteiger partial charge in [0, 0.05) is 56.6 Å². The minimum atomic E-state index is -0.145. The molecule has 3 aromatic heterocycles. The van der Waals surface area contributed by atoms with Crippen LogP contribution in [-0.4, -0.2) is 61.0 Å². The van der Waals surface area contributed by atoms with Gasteiger partial charge in [0.15, 0.2) is 5.13 Å². The lowest BCUT2D eigenvalue weighted by Crippen LogP contribution is -2.40. The number of ether oxygens (including phenoxy) is 1. The number of nitrogens with zero attached hydrogens (tertiary/aromatic N) is 4. The fraction of sp³-hybridized carbons (Fsp3) is 0.308. The number of fused-ring (bicyclic) bond motifs is 1. The van der Waals surface area contributed by atoms with E-state index >= 15 is 0 Å². The molecule has 0 radical (unpaired) electrons. The van der Waals surface area contributed by atoms with Crippen LogP contribution in [0.3, 0.4) is 0 Å². The molecular weight excluding hydrogens is 494 g/mol. The largest absolute Gasteiger partial charge is 0.481 e. The fourth-order valence-electron chi connectivity index (χ4n) is 4.26. The number of carbonyl (C=O) groups excluding carboxylic acids is 2. The Hall–Kier alpha value is -3.50. The highest BCUT2D eigenvalue weighted by molar-refractivity contribution is 7.29. The molecule has 10 heteroatoms. The molecule has 4 aromatic rings. The van der Waals surface area contributed by atoms with Gasteiger partial charge in [-0.2, -0.15) is 0 Å². The van der Waals surface area contributed by atoms with Crippen LogP contribution in [0.4, 0.5) is 10.8 Å². The Morgan fingerprint density at radius 2 is 1.78 bits per heavy atom. The van der Waals surface area contributed by atoms with E-state index in [1.165, 1.54) is 11.3 Å². The van der Waals surface area contributed by atoms with Crippen LogP contribution in [0.5, 0.6) is 5.88 Å². The van der Waals surface area contributed by atoms with Crippen molar-refractivity contribution < 1.29 is 14.3 Å². The van der Waals surface area contributed by atoms with Gasteiger partial charge in [0.25, 0.3) is 5.91 Å². The first-order chi connectivity index (χ1) is 17.4. The number of hydrogen-bond donors (Lipinski definition) is 1. The number of thiophene rings is 1. The van der Waals surface area contributed by atoms with E-state index in [0.29, 0.717) is 10.8 Å². The van der Waals surface area contributed by atoms with Crippen LogP contribution in [0, 0.1) is 5.92 Å². The zero-order valence-electron chi connectivity index (χ0n) is 20.4. The van der Waals surface area contributed by atoms with Crippen LogP contribution >= 0.6 is 22.7 Å². The van der Waals surface area contributed by atoms with Crippen molar-refractivity contribution in [3.63, 3.8) is 0 Å². The highest BCUT2D eigenvalue weighted by Crippen LogP contribution is 2.36. The highest BCUT2D eigenvalue weighted by Gasteiger charge is 2.27. The Kier molecular flexibility index (Phi) is 6.88. The van der Waals surface area contributed by atoms with Crippen LogP contribution in [0.25, 0.3) is 20.7 Å². The van der Waals surface area contributed by atoms with E-state index in [-0.39, 0.29) is 17.7 Å². The van der Waals surface area contributed by atoms with Gasteiger partial charge >= 0.3 is 0 Å². The lowest BCUT2D eigenvalue weighted by molar-refractivity contribution is -0.133. The molecule has 0 aliphatic carbocycles. The smallest absolute Gasteiger partial charge is 0.265 e. The number of aromatic nitrogens is 2. The normalized spacial score (nSPS) is 14.1. The molecule has 1 aliphatic heterocycles. The third-order valence-corrected chi connectivity index (χ3v) is 8.50. The van der Waals surface area contributed by atoms with Crippen LogP contribution in [0.1, 0.15) is 22.5 Å². The molecule has 186 valence electrons. The van der Waals surface area contributed by atoms with E-state index in [2.05, 4.69) is 15.2 Å². The molecule has 1 N–H and O–H groups in total. The molecule has 0 atom stereocenters. The monoisotopic (exact) mass is 521 g/mol. The minimum absolute atomic E-state index is 0.0922. The Balaban J connectivity index is 1.21. The molecular formula is C26H27N5O3S2. The molecule has 5 rings (SSSR count). The molecule has 0 spiro atoms.